The van der Waals surface area contributed by atoms with Crippen LogP contribution in [0.4, 0.5) is 0 Å². The molecule has 3 heteroatoms. The third-order valence-electron chi connectivity index (χ3n) is 2.21. The Hall–Kier alpha value is -1.06. The number of hydrazine groups is 1. The zero-order valence-electron chi connectivity index (χ0n) is 8.84. The summed E-state index contributed by atoms with van der Waals surface area (Å²) in [5.74, 6) is 6.39. The number of furan rings is 1. The van der Waals surface area contributed by atoms with Crippen molar-refractivity contribution in [3.63, 3.8) is 0 Å². The fourth-order valence-corrected chi connectivity index (χ4v) is 1.38. The molecule has 3 nitrogen and oxygen atoms in total. The van der Waals surface area contributed by atoms with Gasteiger partial charge in [0.1, 0.15) is 5.76 Å². The van der Waals surface area contributed by atoms with Crippen LogP contribution in [0.5, 0.6) is 0 Å². The molecule has 3 N–H and O–H groups in total. The van der Waals surface area contributed by atoms with Crippen LogP contribution in [0.2, 0.25) is 0 Å². The van der Waals surface area contributed by atoms with Crippen molar-refractivity contribution in [3.8, 4) is 0 Å². The van der Waals surface area contributed by atoms with E-state index in [0.717, 1.165) is 24.2 Å². The predicted molar refractivity (Wildman–Crippen MR) is 57.6 cm³/mol. The van der Waals surface area contributed by atoms with Gasteiger partial charge in [0.25, 0.3) is 0 Å². The van der Waals surface area contributed by atoms with Crippen molar-refractivity contribution < 1.29 is 4.42 Å². The Morgan fingerprint density at radius 1 is 1.71 bits per heavy atom. The van der Waals surface area contributed by atoms with E-state index >= 15 is 0 Å². The largest absolute Gasteiger partial charge is 0.469 e. The zero-order chi connectivity index (χ0) is 10.6. The molecule has 1 atom stereocenters. The second-order valence-electron chi connectivity index (χ2n) is 3.71. The molecule has 1 unspecified atom stereocenters. The van der Waals surface area contributed by atoms with Crippen LogP contribution in [-0.2, 0) is 0 Å². The molecule has 0 aliphatic carbocycles. The lowest BCUT2D eigenvalue weighted by Crippen LogP contribution is -2.27. The summed E-state index contributed by atoms with van der Waals surface area (Å²) in [6, 6.07) is 2.16. The Morgan fingerprint density at radius 3 is 2.86 bits per heavy atom. The minimum atomic E-state index is 0.157. The monoisotopic (exact) mass is 194 g/mol. The maximum atomic E-state index is 5.48. The molecular formula is C11H18N2O. The van der Waals surface area contributed by atoms with E-state index in [2.05, 4.69) is 12.0 Å². The maximum Gasteiger partial charge on any atom is 0.101 e. The first kappa shape index (κ1) is 11.0. The second kappa shape index (κ2) is 4.98. The highest BCUT2D eigenvalue weighted by molar-refractivity contribution is 5.16. The molecule has 0 radical (unpaired) electrons. The Labute approximate surface area is 85.0 Å². The molecule has 1 aromatic rings. The molecule has 0 aliphatic rings. The Morgan fingerprint density at radius 2 is 2.43 bits per heavy atom. The standard InChI is InChI=1S/C11H18N2O/c1-8(2)4-5-11(13-12)10-6-9(3)14-7-10/h6-7,11,13H,1,4-5,12H2,2-3H3. The van der Waals surface area contributed by atoms with E-state index in [9.17, 15) is 0 Å². The summed E-state index contributed by atoms with van der Waals surface area (Å²) in [4.78, 5) is 0. The minimum absolute atomic E-state index is 0.157. The zero-order valence-corrected chi connectivity index (χ0v) is 8.84. The molecule has 0 saturated carbocycles. The number of rotatable bonds is 5. The maximum absolute atomic E-state index is 5.48. The lowest BCUT2D eigenvalue weighted by atomic mass is 10.0. The topological polar surface area (TPSA) is 51.2 Å². The fourth-order valence-electron chi connectivity index (χ4n) is 1.38. The van der Waals surface area contributed by atoms with Crippen LogP contribution in [0.3, 0.4) is 0 Å². The highest BCUT2D eigenvalue weighted by Crippen LogP contribution is 2.21. The number of allylic oxidation sites excluding steroid dienone is 1. The van der Waals surface area contributed by atoms with Crippen LogP contribution in [0.15, 0.2) is 28.9 Å². The Kier molecular flexibility index (Phi) is 3.92. The summed E-state index contributed by atoms with van der Waals surface area (Å²) in [7, 11) is 0. The molecule has 0 spiro atoms. The van der Waals surface area contributed by atoms with Gasteiger partial charge >= 0.3 is 0 Å². The third-order valence-corrected chi connectivity index (χ3v) is 2.21. The molecule has 0 amide bonds. The van der Waals surface area contributed by atoms with Gasteiger partial charge in [-0.05, 0) is 32.8 Å². The minimum Gasteiger partial charge on any atom is -0.469 e. The van der Waals surface area contributed by atoms with Gasteiger partial charge < -0.3 is 4.42 Å². The van der Waals surface area contributed by atoms with Crippen LogP contribution < -0.4 is 11.3 Å². The van der Waals surface area contributed by atoms with Crippen LogP contribution in [0, 0.1) is 6.92 Å². The number of hydrogen-bond donors (Lipinski definition) is 2. The fraction of sp³-hybridized carbons (Fsp3) is 0.455. The summed E-state index contributed by atoms with van der Waals surface area (Å²) < 4.78 is 5.24. The SMILES string of the molecule is C=C(C)CCC(NN)c1coc(C)c1. The molecule has 0 aromatic carbocycles. The molecule has 0 fully saturated rings. The van der Waals surface area contributed by atoms with E-state index in [1.165, 1.54) is 5.57 Å². The van der Waals surface area contributed by atoms with Crippen LogP contribution in [0.25, 0.3) is 0 Å². The summed E-state index contributed by atoms with van der Waals surface area (Å²) >= 11 is 0. The van der Waals surface area contributed by atoms with Crippen molar-refractivity contribution in [1.82, 2.24) is 5.43 Å². The van der Waals surface area contributed by atoms with E-state index < -0.39 is 0 Å². The molecule has 78 valence electrons. The molecule has 1 rings (SSSR count). The van der Waals surface area contributed by atoms with Gasteiger partial charge in [0.2, 0.25) is 0 Å². The third kappa shape index (κ3) is 3.01. The average molecular weight is 194 g/mol. The smallest absolute Gasteiger partial charge is 0.101 e. The number of hydrogen-bond acceptors (Lipinski definition) is 3. The van der Waals surface area contributed by atoms with Gasteiger partial charge in [-0.15, -0.1) is 6.58 Å². The highest BCUT2D eigenvalue weighted by Gasteiger charge is 2.11. The lowest BCUT2D eigenvalue weighted by molar-refractivity contribution is 0.495. The molecule has 0 saturated heterocycles. The van der Waals surface area contributed by atoms with Crippen molar-refractivity contribution >= 4 is 0 Å². The van der Waals surface area contributed by atoms with Crippen molar-refractivity contribution in [1.29, 1.82) is 0 Å². The lowest BCUT2D eigenvalue weighted by Gasteiger charge is -2.13. The Balaban J connectivity index is 2.58. The summed E-state index contributed by atoms with van der Waals surface area (Å²) in [6.45, 7) is 7.82. The predicted octanol–water partition coefficient (Wildman–Crippen LogP) is 2.45. The van der Waals surface area contributed by atoms with Crippen molar-refractivity contribution in [2.75, 3.05) is 0 Å². The first-order valence-corrected chi connectivity index (χ1v) is 4.79. The van der Waals surface area contributed by atoms with E-state index in [-0.39, 0.29) is 6.04 Å². The van der Waals surface area contributed by atoms with Crippen LogP contribution >= 0.6 is 0 Å². The highest BCUT2D eigenvalue weighted by atomic mass is 16.3. The van der Waals surface area contributed by atoms with Crippen molar-refractivity contribution in [2.24, 2.45) is 5.84 Å². The van der Waals surface area contributed by atoms with Crippen LogP contribution in [-0.4, -0.2) is 0 Å². The number of nitrogens with one attached hydrogen (secondary N) is 1. The van der Waals surface area contributed by atoms with Gasteiger partial charge in [-0.1, -0.05) is 5.57 Å². The quantitative estimate of drug-likeness (QED) is 0.430. The first-order chi connectivity index (χ1) is 6.63. The number of nitrogens with two attached hydrogens (primary N) is 1. The van der Waals surface area contributed by atoms with Crippen LogP contribution in [0.1, 0.15) is 37.1 Å². The van der Waals surface area contributed by atoms with Gasteiger partial charge in [-0.2, -0.15) is 0 Å². The van der Waals surface area contributed by atoms with E-state index in [4.69, 9.17) is 10.3 Å². The van der Waals surface area contributed by atoms with E-state index in [1.807, 2.05) is 19.9 Å². The van der Waals surface area contributed by atoms with Gasteiger partial charge in [0.15, 0.2) is 0 Å². The average Bonchev–Trinajstić information content (AvgIpc) is 2.53. The normalized spacial score (nSPS) is 12.8. The first-order valence-electron chi connectivity index (χ1n) is 4.79. The number of aryl methyl sites for hydroxylation is 1. The summed E-state index contributed by atoms with van der Waals surface area (Å²) in [5, 5.41) is 0. The van der Waals surface area contributed by atoms with Crippen molar-refractivity contribution in [2.45, 2.75) is 32.7 Å². The van der Waals surface area contributed by atoms with Gasteiger partial charge in [0.05, 0.1) is 6.26 Å². The van der Waals surface area contributed by atoms with Gasteiger partial charge in [-0.3, -0.25) is 11.3 Å². The van der Waals surface area contributed by atoms with Crippen molar-refractivity contribution in [3.05, 3.63) is 35.8 Å². The van der Waals surface area contributed by atoms with E-state index in [0.29, 0.717) is 0 Å². The van der Waals surface area contributed by atoms with E-state index in [1.54, 1.807) is 6.26 Å². The molecule has 14 heavy (non-hydrogen) atoms. The molecule has 0 bridgehead atoms. The Bertz CT molecular complexity index is 304. The van der Waals surface area contributed by atoms with Gasteiger partial charge in [0, 0.05) is 11.6 Å². The van der Waals surface area contributed by atoms with Gasteiger partial charge in [-0.25, -0.2) is 0 Å². The summed E-state index contributed by atoms with van der Waals surface area (Å²) in [5.41, 5.74) is 5.06. The molecule has 1 aromatic heterocycles. The summed E-state index contributed by atoms with van der Waals surface area (Å²) in [6.07, 6.45) is 3.67. The molecule has 1 heterocycles. The molecule has 0 aliphatic heterocycles. The second-order valence-corrected chi connectivity index (χ2v) is 3.71. The molecular weight excluding hydrogens is 176 g/mol.